The van der Waals surface area contributed by atoms with E-state index in [0.29, 0.717) is 17.1 Å². The van der Waals surface area contributed by atoms with Crippen molar-refractivity contribution >= 4 is 0 Å². The van der Waals surface area contributed by atoms with Gasteiger partial charge in [0, 0.05) is 11.6 Å². The Morgan fingerprint density at radius 2 is 2.00 bits per heavy atom. The molecule has 1 aromatic carbocycles. The molecule has 0 aromatic heterocycles. The van der Waals surface area contributed by atoms with Gasteiger partial charge in [-0.25, -0.2) is 0 Å². The Morgan fingerprint density at radius 3 is 2.47 bits per heavy atom. The average molecular weight is 240 g/mol. The van der Waals surface area contributed by atoms with E-state index in [0.717, 1.165) is 0 Å². The van der Waals surface area contributed by atoms with Gasteiger partial charge in [-0.05, 0) is 32.9 Å². The van der Waals surface area contributed by atoms with E-state index in [1.54, 1.807) is 46.1 Å². The Labute approximate surface area is 102 Å². The largest absolute Gasteiger partial charge is 0.497 e. The van der Waals surface area contributed by atoms with Gasteiger partial charge >= 0.3 is 0 Å². The predicted octanol–water partition coefficient (Wildman–Crippen LogP) is 1.90. The first-order valence-electron chi connectivity index (χ1n) is 5.54. The average Bonchev–Trinajstić information content (AvgIpc) is 2.24. The van der Waals surface area contributed by atoms with Gasteiger partial charge in [0.2, 0.25) is 0 Å². The minimum Gasteiger partial charge on any atom is -0.497 e. The topological polar surface area (TPSA) is 58.9 Å². The summed E-state index contributed by atoms with van der Waals surface area (Å²) < 4.78 is 10.6. The van der Waals surface area contributed by atoms with Crippen molar-refractivity contribution in [2.45, 2.75) is 32.5 Å². The third-order valence-corrected chi connectivity index (χ3v) is 2.25. The summed E-state index contributed by atoms with van der Waals surface area (Å²) in [5.74, 6) is 1.18. The number of hydrogen-bond acceptors (Lipinski definition) is 4. The molecule has 1 rings (SSSR count). The van der Waals surface area contributed by atoms with Crippen LogP contribution in [0.15, 0.2) is 18.2 Å². The van der Waals surface area contributed by atoms with Crippen molar-refractivity contribution in [2.75, 3.05) is 13.7 Å². The molecule has 96 valence electrons. The summed E-state index contributed by atoms with van der Waals surface area (Å²) in [6.45, 7) is 5.14. The zero-order valence-corrected chi connectivity index (χ0v) is 10.7. The van der Waals surface area contributed by atoms with E-state index in [4.69, 9.17) is 9.47 Å². The quantitative estimate of drug-likeness (QED) is 0.825. The lowest BCUT2D eigenvalue weighted by Gasteiger charge is -2.20. The summed E-state index contributed by atoms with van der Waals surface area (Å²) in [6.07, 6.45) is -0.627. The van der Waals surface area contributed by atoms with Crippen molar-refractivity contribution in [3.05, 3.63) is 23.8 Å². The van der Waals surface area contributed by atoms with Gasteiger partial charge in [0.25, 0.3) is 0 Å². The molecular formula is C13H20O4. The number of methoxy groups -OCH3 is 1. The third-order valence-electron chi connectivity index (χ3n) is 2.25. The third kappa shape index (κ3) is 4.24. The van der Waals surface area contributed by atoms with Crippen molar-refractivity contribution in [3.63, 3.8) is 0 Å². The van der Waals surface area contributed by atoms with E-state index in [2.05, 4.69) is 0 Å². The van der Waals surface area contributed by atoms with Gasteiger partial charge in [-0.15, -0.1) is 0 Å². The van der Waals surface area contributed by atoms with Gasteiger partial charge in [0.15, 0.2) is 0 Å². The Balaban J connectivity index is 2.93. The lowest BCUT2D eigenvalue weighted by atomic mass is 10.1. The van der Waals surface area contributed by atoms with Gasteiger partial charge in [0.05, 0.1) is 18.8 Å². The lowest BCUT2D eigenvalue weighted by molar-refractivity contribution is 0.0271. The van der Waals surface area contributed by atoms with E-state index < -0.39 is 11.7 Å². The summed E-state index contributed by atoms with van der Waals surface area (Å²) in [5, 5.41) is 19.2. The highest BCUT2D eigenvalue weighted by atomic mass is 16.5. The van der Waals surface area contributed by atoms with Crippen LogP contribution in [0.5, 0.6) is 11.5 Å². The lowest BCUT2D eigenvalue weighted by Crippen LogP contribution is -2.28. The maximum atomic E-state index is 9.62. The summed E-state index contributed by atoms with van der Waals surface area (Å²) in [4.78, 5) is 0. The molecule has 4 nitrogen and oxygen atoms in total. The van der Waals surface area contributed by atoms with Crippen LogP contribution in [0, 0.1) is 0 Å². The Kier molecular flexibility index (Phi) is 4.37. The van der Waals surface area contributed by atoms with E-state index in [9.17, 15) is 10.2 Å². The SMILES string of the molecule is COc1ccc(C(C)O)c(OCC(C)(C)O)c1. The highest BCUT2D eigenvalue weighted by molar-refractivity contribution is 5.41. The van der Waals surface area contributed by atoms with E-state index in [1.807, 2.05) is 0 Å². The molecule has 1 aromatic rings. The molecule has 0 aliphatic carbocycles. The molecule has 0 saturated heterocycles. The van der Waals surface area contributed by atoms with Crippen molar-refractivity contribution in [3.8, 4) is 11.5 Å². The molecule has 0 saturated carbocycles. The minimum atomic E-state index is -0.918. The summed E-state index contributed by atoms with van der Waals surface area (Å²) >= 11 is 0. The molecule has 0 aliphatic heterocycles. The molecule has 2 N–H and O–H groups in total. The molecule has 0 heterocycles. The Hall–Kier alpha value is -1.26. The van der Waals surface area contributed by atoms with Crippen LogP contribution in [-0.4, -0.2) is 29.5 Å². The number of rotatable bonds is 5. The molecule has 0 aliphatic rings. The van der Waals surface area contributed by atoms with Gasteiger partial charge in [0.1, 0.15) is 18.1 Å². The second kappa shape index (κ2) is 5.38. The minimum absolute atomic E-state index is 0.153. The monoisotopic (exact) mass is 240 g/mol. The van der Waals surface area contributed by atoms with Crippen molar-refractivity contribution in [1.82, 2.24) is 0 Å². The van der Waals surface area contributed by atoms with Crippen molar-refractivity contribution in [2.24, 2.45) is 0 Å². The van der Waals surface area contributed by atoms with Crippen LogP contribution < -0.4 is 9.47 Å². The fourth-order valence-corrected chi connectivity index (χ4v) is 1.37. The second-order valence-corrected chi connectivity index (χ2v) is 4.68. The summed E-state index contributed by atoms with van der Waals surface area (Å²) in [7, 11) is 1.57. The first-order valence-corrected chi connectivity index (χ1v) is 5.54. The molecule has 1 atom stereocenters. The van der Waals surface area contributed by atoms with Gasteiger partial charge in [-0.1, -0.05) is 0 Å². The smallest absolute Gasteiger partial charge is 0.128 e. The second-order valence-electron chi connectivity index (χ2n) is 4.68. The number of aliphatic hydroxyl groups excluding tert-OH is 1. The molecule has 0 amide bonds. The molecule has 0 fully saturated rings. The fourth-order valence-electron chi connectivity index (χ4n) is 1.37. The Morgan fingerprint density at radius 1 is 1.35 bits per heavy atom. The molecule has 1 unspecified atom stereocenters. The first-order chi connectivity index (χ1) is 7.83. The number of benzene rings is 1. The van der Waals surface area contributed by atoms with Crippen LogP contribution in [0.1, 0.15) is 32.4 Å². The standard InChI is InChI=1S/C13H20O4/c1-9(14)11-6-5-10(16-4)7-12(11)17-8-13(2,3)15/h5-7,9,14-15H,8H2,1-4H3. The molecule has 17 heavy (non-hydrogen) atoms. The van der Waals surface area contributed by atoms with Gasteiger partial charge < -0.3 is 19.7 Å². The molecule has 0 bridgehead atoms. The molecule has 4 heteroatoms. The van der Waals surface area contributed by atoms with Crippen LogP contribution in [-0.2, 0) is 0 Å². The maximum absolute atomic E-state index is 9.62. The number of ether oxygens (including phenoxy) is 2. The zero-order valence-electron chi connectivity index (χ0n) is 10.7. The van der Waals surface area contributed by atoms with E-state index in [-0.39, 0.29) is 6.61 Å². The molecule has 0 radical (unpaired) electrons. The van der Waals surface area contributed by atoms with Crippen molar-refractivity contribution in [1.29, 1.82) is 0 Å². The Bertz CT molecular complexity index is 366. The van der Waals surface area contributed by atoms with Crippen LogP contribution in [0.4, 0.5) is 0 Å². The number of hydrogen-bond donors (Lipinski definition) is 2. The number of aliphatic hydroxyl groups is 2. The van der Waals surface area contributed by atoms with Crippen LogP contribution in [0.3, 0.4) is 0 Å². The highest BCUT2D eigenvalue weighted by Crippen LogP contribution is 2.30. The van der Waals surface area contributed by atoms with Crippen LogP contribution in [0.2, 0.25) is 0 Å². The van der Waals surface area contributed by atoms with E-state index >= 15 is 0 Å². The first kappa shape index (κ1) is 13.8. The van der Waals surface area contributed by atoms with E-state index in [1.165, 1.54) is 0 Å². The van der Waals surface area contributed by atoms with Crippen molar-refractivity contribution < 1.29 is 19.7 Å². The maximum Gasteiger partial charge on any atom is 0.128 e. The summed E-state index contributed by atoms with van der Waals surface area (Å²) in [6, 6.07) is 5.22. The molecular weight excluding hydrogens is 220 g/mol. The predicted molar refractivity (Wildman–Crippen MR) is 65.4 cm³/mol. The fraction of sp³-hybridized carbons (Fsp3) is 0.538. The highest BCUT2D eigenvalue weighted by Gasteiger charge is 2.16. The van der Waals surface area contributed by atoms with Crippen LogP contribution in [0.25, 0.3) is 0 Å². The molecule has 0 spiro atoms. The van der Waals surface area contributed by atoms with Gasteiger partial charge in [-0.3, -0.25) is 0 Å². The normalized spacial score (nSPS) is 13.3. The summed E-state index contributed by atoms with van der Waals surface area (Å²) in [5.41, 5.74) is -0.242. The van der Waals surface area contributed by atoms with Gasteiger partial charge in [-0.2, -0.15) is 0 Å². The zero-order chi connectivity index (χ0) is 13.1. The van der Waals surface area contributed by atoms with Crippen LogP contribution >= 0.6 is 0 Å².